The lowest BCUT2D eigenvalue weighted by Gasteiger charge is -2.30. The number of hydrogen-bond donors (Lipinski definition) is 0. The summed E-state index contributed by atoms with van der Waals surface area (Å²) in [5.74, 6) is -0.151. The molecule has 0 spiro atoms. The second-order valence-electron chi connectivity index (χ2n) is 4.38. The van der Waals surface area contributed by atoms with Crippen molar-refractivity contribution in [1.29, 1.82) is 0 Å². The summed E-state index contributed by atoms with van der Waals surface area (Å²) < 4.78 is 5.58. The van der Waals surface area contributed by atoms with Crippen LogP contribution in [0.1, 0.15) is 46.5 Å². The molecular formula is C12H20O2. The van der Waals surface area contributed by atoms with Gasteiger partial charge in [-0.1, -0.05) is 27.4 Å². The maximum absolute atomic E-state index is 11.5. The molecule has 1 aliphatic rings. The molecule has 0 saturated heterocycles. The Morgan fingerprint density at radius 3 is 2.64 bits per heavy atom. The van der Waals surface area contributed by atoms with Gasteiger partial charge in [-0.25, -0.2) is 0 Å². The van der Waals surface area contributed by atoms with E-state index in [1.807, 2.05) is 13.8 Å². The Morgan fingerprint density at radius 2 is 2.29 bits per heavy atom. The topological polar surface area (TPSA) is 26.3 Å². The zero-order valence-electron chi connectivity index (χ0n) is 9.43. The molecule has 2 nitrogen and oxygen atoms in total. The van der Waals surface area contributed by atoms with Crippen LogP contribution in [0.2, 0.25) is 0 Å². The molecule has 0 aromatic carbocycles. The van der Waals surface area contributed by atoms with Gasteiger partial charge >= 0.3 is 5.97 Å². The van der Waals surface area contributed by atoms with Crippen LogP contribution in [0.5, 0.6) is 0 Å². The third-order valence-corrected chi connectivity index (χ3v) is 3.04. The van der Waals surface area contributed by atoms with Crippen LogP contribution in [0.3, 0.4) is 0 Å². The number of carbonyl (C=O) groups is 1. The fourth-order valence-electron chi connectivity index (χ4n) is 1.92. The first-order chi connectivity index (χ1) is 6.52. The maximum atomic E-state index is 11.5. The highest BCUT2D eigenvalue weighted by atomic mass is 16.6. The van der Waals surface area contributed by atoms with Gasteiger partial charge in [0.1, 0.15) is 5.60 Å². The smallest absolute Gasteiger partial charge is 0.309 e. The summed E-state index contributed by atoms with van der Waals surface area (Å²) in [5.41, 5.74) is 0.746. The molecule has 0 amide bonds. The minimum atomic E-state index is -0.346. The highest BCUT2D eigenvalue weighted by Crippen LogP contribution is 2.40. The molecule has 1 rings (SSSR count). The average Bonchev–Trinajstić information content (AvgIpc) is 2.48. The van der Waals surface area contributed by atoms with Gasteiger partial charge in [0.05, 0.1) is 5.92 Å². The van der Waals surface area contributed by atoms with Crippen molar-refractivity contribution in [2.24, 2.45) is 5.92 Å². The van der Waals surface area contributed by atoms with E-state index in [9.17, 15) is 4.79 Å². The van der Waals surface area contributed by atoms with E-state index in [-0.39, 0.29) is 17.5 Å². The first-order valence-corrected chi connectivity index (χ1v) is 5.43. The van der Waals surface area contributed by atoms with Crippen molar-refractivity contribution >= 4 is 5.97 Å². The summed E-state index contributed by atoms with van der Waals surface area (Å²) in [5, 5.41) is 0. The first-order valence-electron chi connectivity index (χ1n) is 5.43. The van der Waals surface area contributed by atoms with E-state index in [4.69, 9.17) is 4.74 Å². The van der Waals surface area contributed by atoms with E-state index in [1.165, 1.54) is 0 Å². The number of esters is 1. The molecule has 0 radical (unpaired) electrons. The highest BCUT2D eigenvalue weighted by molar-refractivity contribution is 5.72. The molecule has 1 saturated carbocycles. The van der Waals surface area contributed by atoms with Gasteiger partial charge in [-0.05, 0) is 31.3 Å². The predicted molar refractivity (Wildman–Crippen MR) is 56.9 cm³/mol. The summed E-state index contributed by atoms with van der Waals surface area (Å²) in [6.45, 7) is 9.80. The molecule has 0 heterocycles. The molecule has 1 fully saturated rings. The van der Waals surface area contributed by atoms with Crippen LogP contribution in [-0.4, -0.2) is 11.6 Å². The molecule has 0 N–H and O–H groups in total. The van der Waals surface area contributed by atoms with Crippen molar-refractivity contribution in [3.8, 4) is 0 Å². The van der Waals surface area contributed by atoms with E-state index < -0.39 is 0 Å². The Labute approximate surface area is 86.3 Å². The molecule has 1 atom stereocenters. The van der Waals surface area contributed by atoms with Crippen molar-refractivity contribution in [3.63, 3.8) is 0 Å². The second-order valence-corrected chi connectivity index (χ2v) is 4.38. The van der Waals surface area contributed by atoms with Gasteiger partial charge < -0.3 is 4.74 Å². The zero-order valence-corrected chi connectivity index (χ0v) is 9.43. The number of carbonyl (C=O) groups excluding carboxylic acids is 1. The minimum absolute atomic E-state index is 0.0492. The van der Waals surface area contributed by atoms with Crippen molar-refractivity contribution < 1.29 is 9.53 Å². The highest BCUT2D eigenvalue weighted by Gasteiger charge is 2.39. The molecule has 80 valence electrons. The van der Waals surface area contributed by atoms with Gasteiger partial charge in [-0.2, -0.15) is 0 Å². The van der Waals surface area contributed by atoms with Crippen LogP contribution in [0.25, 0.3) is 0 Å². The first kappa shape index (κ1) is 11.3. The number of ether oxygens (including phenoxy) is 1. The van der Waals surface area contributed by atoms with Gasteiger partial charge in [0.25, 0.3) is 0 Å². The minimum Gasteiger partial charge on any atom is -0.454 e. The van der Waals surface area contributed by atoms with E-state index in [0.29, 0.717) is 0 Å². The lowest BCUT2D eigenvalue weighted by atomic mass is 9.94. The molecule has 1 unspecified atom stereocenters. The predicted octanol–water partition coefficient (Wildman–Crippen LogP) is 3.07. The van der Waals surface area contributed by atoms with Crippen molar-refractivity contribution in [1.82, 2.24) is 0 Å². The summed E-state index contributed by atoms with van der Waals surface area (Å²) >= 11 is 0. The maximum Gasteiger partial charge on any atom is 0.309 e. The quantitative estimate of drug-likeness (QED) is 0.512. The summed E-state index contributed by atoms with van der Waals surface area (Å²) in [6.07, 6.45) is 3.89. The summed E-state index contributed by atoms with van der Waals surface area (Å²) in [6, 6.07) is 0. The van der Waals surface area contributed by atoms with Gasteiger partial charge in [0.2, 0.25) is 0 Å². The lowest BCUT2D eigenvalue weighted by Crippen LogP contribution is -2.34. The number of hydrogen-bond acceptors (Lipinski definition) is 2. The van der Waals surface area contributed by atoms with Gasteiger partial charge in [-0.3, -0.25) is 4.79 Å². The molecule has 2 heteroatoms. The normalized spacial score (nSPS) is 27.0. The summed E-state index contributed by atoms with van der Waals surface area (Å²) in [4.78, 5) is 11.5. The Bertz CT molecular complexity index is 243. The van der Waals surface area contributed by atoms with Crippen LogP contribution >= 0.6 is 0 Å². The SMILES string of the molecule is C=C1CCCC1(CC)OC(=O)C(C)C. The molecule has 1 aliphatic carbocycles. The average molecular weight is 196 g/mol. The van der Waals surface area contributed by atoms with Gasteiger partial charge in [-0.15, -0.1) is 0 Å². The zero-order chi connectivity index (χ0) is 10.8. The van der Waals surface area contributed by atoms with E-state index in [2.05, 4.69) is 13.5 Å². The van der Waals surface area contributed by atoms with Crippen LogP contribution in [0.4, 0.5) is 0 Å². The standard InChI is InChI=1S/C12H20O2/c1-5-12(8-6-7-10(12)4)14-11(13)9(2)3/h9H,4-8H2,1-3H3. The molecular weight excluding hydrogens is 176 g/mol. The van der Waals surface area contributed by atoms with Gasteiger partial charge in [0, 0.05) is 0 Å². The Balaban J connectivity index is 2.71. The van der Waals surface area contributed by atoms with Crippen LogP contribution < -0.4 is 0 Å². The second kappa shape index (κ2) is 4.16. The monoisotopic (exact) mass is 196 g/mol. The van der Waals surface area contributed by atoms with Crippen molar-refractivity contribution in [2.45, 2.75) is 52.1 Å². The Hall–Kier alpha value is -0.790. The fourth-order valence-corrected chi connectivity index (χ4v) is 1.92. The largest absolute Gasteiger partial charge is 0.454 e. The molecule has 0 aliphatic heterocycles. The van der Waals surface area contributed by atoms with Crippen molar-refractivity contribution in [2.75, 3.05) is 0 Å². The lowest BCUT2D eigenvalue weighted by molar-refractivity contribution is -0.159. The number of rotatable bonds is 3. The molecule has 0 bridgehead atoms. The van der Waals surface area contributed by atoms with E-state index >= 15 is 0 Å². The third kappa shape index (κ3) is 1.99. The molecule has 14 heavy (non-hydrogen) atoms. The van der Waals surface area contributed by atoms with E-state index in [0.717, 1.165) is 31.3 Å². The van der Waals surface area contributed by atoms with Crippen LogP contribution in [-0.2, 0) is 9.53 Å². The third-order valence-electron chi connectivity index (χ3n) is 3.04. The Morgan fingerprint density at radius 1 is 1.64 bits per heavy atom. The molecule has 0 aromatic heterocycles. The Kier molecular flexibility index (Phi) is 3.35. The van der Waals surface area contributed by atoms with Crippen LogP contribution in [0, 0.1) is 5.92 Å². The summed E-state index contributed by atoms with van der Waals surface area (Å²) in [7, 11) is 0. The van der Waals surface area contributed by atoms with E-state index in [1.54, 1.807) is 0 Å². The van der Waals surface area contributed by atoms with Gasteiger partial charge in [0.15, 0.2) is 0 Å². The fraction of sp³-hybridized carbons (Fsp3) is 0.750. The van der Waals surface area contributed by atoms with Crippen LogP contribution in [0.15, 0.2) is 12.2 Å². The van der Waals surface area contributed by atoms with Crippen molar-refractivity contribution in [3.05, 3.63) is 12.2 Å². The molecule has 0 aromatic rings.